The van der Waals surface area contributed by atoms with Gasteiger partial charge in [-0.2, -0.15) is 5.26 Å². The average molecular weight is 424 g/mol. The molecule has 1 amide bonds. The first kappa shape index (κ1) is 22.3. The van der Waals surface area contributed by atoms with Gasteiger partial charge in [0.15, 0.2) is 0 Å². The lowest BCUT2D eigenvalue weighted by molar-refractivity contribution is -0.157. The van der Waals surface area contributed by atoms with Gasteiger partial charge in [0.25, 0.3) is 0 Å². The second-order valence-electron chi connectivity index (χ2n) is 9.76. The van der Waals surface area contributed by atoms with Crippen molar-refractivity contribution < 1.29 is 9.53 Å². The van der Waals surface area contributed by atoms with Crippen LogP contribution >= 0.6 is 0 Å². The van der Waals surface area contributed by atoms with E-state index >= 15 is 0 Å². The van der Waals surface area contributed by atoms with Crippen LogP contribution in [-0.4, -0.2) is 35.7 Å². The van der Waals surface area contributed by atoms with Crippen LogP contribution in [0.3, 0.4) is 0 Å². The number of ether oxygens (including phenoxy) is 1. The molecule has 0 radical (unpaired) electrons. The monoisotopic (exact) mass is 423 g/mol. The van der Waals surface area contributed by atoms with Gasteiger partial charge in [-0.3, -0.25) is 10.1 Å². The average Bonchev–Trinajstić information content (AvgIpc) is 3.20. The van der Waals surface area contributed by atoms with E-state index in [0.29, 0.717) is 18.1 Å². The van der Waals surface area contributed by atoms with Crippen LogP contribution in [0, 0.1) is 17.2 Å². The summed E-state index contributed by atoms with van der Waals surface area (Å²) in [5, 5.41) is 13.1. The van der Waals surface area contributed by atoms with E-state index in [1.54, 1.807) is 0 Å². The first-order chi connectivity index (χ1) is 15.1. The third-order valence-electron chi connectivity index (χ3n) is 7.54. The minimum Gasteiger partial charge on any atom is -0.359 e. The Balaban J connectivity index is 1.56. The molecule has 2 aliphatic heterocycles. The van der Waals surface area contributed by atoms with E-state index in [-0.39, 0.29) is 18.0 Å². The number of hydrogen-bond acceptors (Lipinski definition) is 4. The molecular formula is C26H37N3O2. The number of piperidine rings is 1. The molecule has 1 N–H and O–H groups in total. The number of benzene rings is 1. The van der Waals surface area contributed by atoms with Gasteiger partial charge in [-0.15, -0.1) is 0 Å². The second kappa shape index (κ2) is 10.1. The molecular weight excluding hydrogens is 386 g/mol. The summed E-state index contributed by atoms with van der Waals surface area (Å²) in [4.78, 5) is 15.8. The van der Waals surface area contributed by atoms with Gasteiger partial charge in [-0.25, -0.2) is 0 Å². The van der Waals surface area contributed by atoms with E-state index in [9.17, 15) is 10.1 Å². The lowest BCUT2D eigenvalue weighted by atomic mass is 9.89. The molecule has 3 atom stereocenters. The summed E-state index contributed by atoms with van der Waals surface area (Å²) in [6.45, 7) is 3.68. The van der Waals surface area contributed by atoms with Crippen LogP contribution < -0.4 is 5.32 Å². The lowest BCUT2D eigenvalue weighted by Gasteiger charge is -2.48. The minimum absolute atomic E-state index is 0.0525. The molecule has 1 saturated carbocycles. The quantitative estimate of drug-likeness (QED) is 0.690. The zero-order chi connectivity index (χ0) is 21.7. The van der Waals surface area contributed by atoms with Crippen LogP contribution in [0.2, 0.25) is 0 Å². The summed E-state index contributed by atoms with van der Waals surface area (Å²) < 4.78 is 6.46. The Hall–Kier alpha value is -1.90. The normalized spacial score (nSPS) is 30.8. The fourth-order valence-electron chi connectivity index (χ4n) is 5.83. The number of nitrogens with zero attached hydrogens (tertiary/aromatic N) is 2. The van der Waals surface area contributed by atoms with Gasteiger partial charge in [0, 0.05) is 25.1 Å². The van der Waals surface area contributed by atoms with Crippen LogP contribution in [0.4, 0.5) is 0 Å². The number of amides is 1. The standard InChI is InChI=1S/C26H37N3O2/c1-26(28-23(14-9-17-31-26)22-13-8-10-20(18-22)19-27)24-15-6-7-16-29(24)25(30)21-11-4-2-3-5-12-21/h8,10,13,18,21,23-24,28H,2-7,9,11-12,14-17H2,1H3/t23?,24?,26-/m1/s1. The molecule has 2 heterocycles. The summed E-state index contributed by atoms with van der Waals surface area (Å²) in [7, 11) is 0. The van der Waals surface area contributed by atoms with E-state index in [0.717, 1.165) is 57.1 Å². The van der Waals surface area contributed by atoms with Gasteiger partial charge in [0.1, 0.15) is 5.72 Å². The van der Waals surface area contributed by atoms with Crippen molar-refractivity contribution in [2.45, 2.75) is 95.4 Å². The van der Waals surface area contributed by atoms with Crippen LogP contribution in [0.5, 0.6) is 0 Å². The summed E-state index contributed by atoms with van der Waals surface area (Å²) in [6.07, 6.45) is 12.1. The van der Waals surface area contributed by atoms with Crippen molar-refractivity contribution in [2.24, 2.45) is 5.92 Å². The third-order valence-corrected chi connectivity index (χ3v) is 7.54. The van der Waals surface area contributed by atoms with E-state index < -0.39 is 5.72 Å². The van der Waals surface area contributed by atoms with Crippen molar-refractivity contribution >= 4 is 5.91 Å². The summed E-state index contributed by atoms with van der Waals surface area (Å²) in [5.74, 6) is 0.533. The number of carbonyl (C=O) groups is 1. The maximum Gasteiger partial charge on any atom is 0.226 e. The Bertz CT molecular complexity index is 796. The van der Waals surface area contributed by atoms with E-state index in [4.69, 9.17) is 4.74 Å². The van der Waals surface area contributed by atoms with E-state index in [2.05, 4.69) is 29.3 Å². The van der Waals surface area contributed by atoms with Crippen LogP contribution in [-0.2, 0) is 9.53 Å². The number of nitriles is 1. The number of likely N-dealkylation sites (tertiary alicyclic amines) is 1. The van der Waals surface area contributed by atoms with Gasteiger partial charge in [0.2, 0.25) is 5.91 Å². The highest BCUT2D eigenvalue weighted by atomic mass is 16.5. The molecule has 3 aliphatic rings. The van der Waals surface area contributed by atoms with Crippen molar-refractivity contribution in [3.63, 3.8) is 0 Å². The highest BCUT2D eigenvalue weighted by Gasteiger charge is 2.45. The zero-order valence-corrected chi connectivity index (χ0v) is 18.9. The summed E-state index contributed by atoms with van der Waals surface area (Å²) in [5.41, 5.74) is 1.24. The molecule has 0 spiro atoms. The third kappa shape index (κ3) is 5.13. The van der Waals surface area contributed by atoms with E-state index in [1.165, 1.54) is 25.7 Å². The predicted molar refractivity (Wildman–Crippen MR) is 121 cm³/mol. The molecule has 0 aromatic heterocycles. The topological polar surface area (TPSA) is 65.4 Å². The van der Waals surface area contributed by atoms with Gasteiger partial charge in [-0.05, 0) is 69.6 Å². The highest BCUT2D eigenvalue weighted by molar-refractivity contribution is 5.79. The Morgan fingerprint density at radius 2 is 1.87 bits per heavy atom. The summed E-state index contributed by atoms with van der Waals surface area (Å²) in [6, 6.07) is 10.3. The predicted octanol–water partition coefficient (Wildman–Crippen LogP) is 5.07. The van der Waals surface area contributed by atoms with Gasteiger partial charge in [0.05, 0.1) is 17.7 Å². The van der Waals surface area contributed by atoms with Gasteiger partial charge in [-0.1, -0.05) is 37.8 Å². The Labute approximate surface area is 187 Å². The second-order valence-corrected chi connectivity index (χ2v) is 9.76. The molecule has 1 aromatic carbocycles. The van der Waals surface area contributed by atoms with Crippen LogP contribution in [0.1, 0.15) is 94.7 Å². The molecule has 5 nitrogen and oxygen atoms in total. The first-order valence-corrected chi connectivity index (χ1v) is 12.3. The maximum atomic E-state index is 13.6. The Kier molecular flexibility index (Phi) is 7.30. The SMILES string of the molecule is C[C@@]1(C2CCCCN2C(=O)C2CCCCCC2)NC(c2cccc(C#N)c2)CCCO1. The molecule has 2 unspecified atom stereocenters. The first-order valence-electron chi connectivity index (χ1n) is 12.3. The van der Waals surface area contributed by atoms with Crippen LogP contribution in [0.15, 0.2) is 24.3 Å². The molecule has 0 bridgehead atoms. The number of carbonyl (C=O) groups excluding carboxylic acids is 1. The zero-order valence-electron chi connectivity index (χ0n) is 18.9. The number of nitrogens with one attached hydrogen (secondary N) is 1. The van der Waals surface area contributed by atoms with Crippen molar-refractivity contribution in [1.82, 2.24) is 10.2 Å². The molecule has 1 aromatic rings. The molecule has 1 aliphatic carbocycles. The van der Waals surface area contributed by atoms with Crippen molar-refractivity contribution in [2.75, 3.05) is 13.2 Å². The number of rotatable bonds is 3. The highest BCUT2D eigenvalue weighted by Crippen LogP contribution is 2.36. The maximum absolute atomic E-state index is 13.6. The summed E-state index contributed by atoms with van der Waals surface area (Å²) >= 11 is 0. The van der Waals surface area contributed by atoms with Crippen molar-refractivity contribution in [3.8, 4) is 6.07 Å². The molecule has 3 fully saturated rings. The number of hydrogen-bond donors (Lipinski definition) is 1. The molecule has 31 heavy (non-hydrogen) atoms. The molecule has 2 saturated heterocycles. The molecule has 5 heteroatoms. The fourth-order valence-corrected chi connectivity index (χ4v) is 5.83. The molecule has 4 rings (SSSR count). The fraction of sp³-hybridized carbons (Fsp3) is 0.692. The smallest absolute Gasteiger partial charge is 0.226 e. The van der Waals surface area contributed by atoms with Gasteiger partial charge >= 0.3 is 0 Å². The van der Waals surface area contributed by atoms with Crippen LogP contribution in [0.25, 0.3) is 0 Å². The van der Waals surface area contributed by atoms with Gasteiger partial charge < -0.3 is 9.64 Å². The lowest BCUT2D eigenvalue weighted by Crippen LogP contribution is -2.63. The Morgan fingerprint density at radius 1 is 1.10 bits per heavy atom. The Morgan fingerprint density at radius 3 is 2.65 bits per heavy atom. The van der Waals surface area contributed by atoms with Crippen molar-refractivity contribution in [3.05, 3.63) is 35.4 Å². The largest absolute Gasteiger partial charge is 0.359 e. The molecule has 168 valence electrons. The minimum atomic E-state index is -0.579. The van der Waals surface area contributed by atoms with Crippen molar-refractivity contribution in [1.29, 1.82) is 5.26 Å². The van der Waals surface area contributed by atoms with E-state index in [1.807, 2.05) is 18.2 Å².